The highest BCUT2D eigenvalue weighted by atomic mass is 32.1. The van der Waals surface area contributed by atoms with Gasteiger partial charge in [-0.3, -0.25) is 0 Å². The van der Waals surface area contributed by atoms with Crippen LogP contribution < -0.4 is 5.32 Å². The van der Waals surface area contributed by atoms with Gasteiger partial charge in [0, 0.05) is 24.6 Å². The van der Waals surface area contributed by atoms with Crippen LogP contribution in [0.4, 0.5) is 0 Å². The Balaban J connectivity index is 2.35. The second-order valence-electron chi connectivity index (χ2n) is 4.55. The first-order valence-electron chi connectivity index (χ1n) is 5.72. The van der Waals surface area contributed by atoms with E-state index in [1.165, 1.54) is 4.88 Å². The summed E-state index contributed by atoms with van der Waals surface area (Å²) in [5.41, 5.74) is 1.04. The Bertz CT molecular complexity index is 314. The standard InChI is InChI=1S/C12H22N2OS/c1-6-15-12(4,5)8-13-7-11-14-9(2)10(3)16-11/h13H,6-8H2,1-5H3. The summed E-state index contributed by atoms with van der Waals surface area (Å²) in [4.78, 5) is 5.80. The van der Waals surface area contributed by atoms with Gasteiger partial charge in [0.2, 0.25) is 0 Å². The van der Waals surface area contributed by atoms with Crippen LogP contribution in [0.3, 0.4) is 0 Å². The van der Waals surface area contributed by atoms with E-state index in [0.717, 1.165) is 30.4 Å². The zero-order chi connectivity index (χ0) is 12.2. The predicted molar refractivity (Wildman–Crippen MR) is 69.0 cm³/mol. The summed E-state index contributed by atoms with van der Waals surface area (Å²) in [6.07, 6.45) is 0. The number of hydrogen-bond donors (Lipinski definition) is 1. The third-order valence-corrected chi connectivity index (χ3v) is 3.51. The minimum atomic E-state index is -0.101. The predicted octanol–water partition coefficient (Wildman–Crippen LogP) is 2.66. The molecular weight excluding hydrogens is 220 g/mol. The van der Waals surface area contributed by atoms with Gasteiger partial charge in [-0.15, -0.1) is 11.3 Å². The molecule has 1 rings (SSSR count). The second kappa shape index (κ2) is 5.75. The van der Waals surface area contributed by atoms with Crippen LogP contribution in [0.25, 0.3) is 0 Å². The lowest BCUT2D eigenvalue weighted by atomic mass is 10.1. The van der Waals surface area contributed by atoms with Crippen molar-refractivity contribution in [3.63, 3.8) is 0 Å². The highest BCUT2D eigenvalue weighted by Gasteiger charge is 2.16. The van der Waals surface area contributed by atoms with Gasteiger partial charge in [0.15, 0.2) is 0 Å². The molecule has 1 N–H and O–H groups in total. The van der Waals surface area contributed by atoms with Crippen molar-refractivity contribution < 1.29 is 4.74 Å². The minimum absolute atomic E-state index is 0.101. The van der Waals surface area contributed by atoms with Crippen LogP contribution in [0.2, 0.25) is 0 Å². The number of rotatable bonds is 6. The van der Waals surface area contributed by atoms with E-state index >= 15 is 0 Å². The Hall–Kier alpha value is -0.450. The second-order valence-corrected chi connectivity index (χ2v) is 5.83. The van der Waals surface area contributed by atoms with Gasteiger partial charge in [0.25, 0.3) is 0 Å². The summed E-state index contributed by atoms with van der Waals surface area (Å²) in [5.74, 6) is 0. The summed E-state index contributed by atoms with van der Waals surface area (Å²) in [7, 11) is 0. The van der Waals surface area contributed by atoms with E-state index in [0.29, 0.717) is 0 Å². The molecule has 0 aliphatic carbocycles. The van der Waals surface area contributed by atoms with Crippen LogP contribution in [0, 0.1) is 13.8 Å². The van der Waals surface area contributed by atoms with Crippen LogP contribution >= 0.6 is 11.3 Å². The quantitative estimate of drug-likeness (QED) is 0.833. The lowest BCUT2D eigenvalue weighted by molar-refractivity contribution is -0.00897. The minimum Gasteiger partial charge on any atom is -0.375 e. The normalized spacial score (nSPS) is 12.1. The van der Waals surface area contributed by atoms with E-state index in [9.17, 15) is 0 Å². The molecule has 0 spiro atoms. The average molecular weight is 242 g/mol. The molecule has 1 aromatic rings. The Morgan fingerprint density at radius 3 is 2.56 bits per heavy atom. The van der Waals surface area contributed by atoms with Crippen LogP contribution in [-0.2, 0) is 11.3 Å². The molecule has 0 unspecified atom stereocenters. The average Bonchev–Trinajstić information content (AvgIpc) is 2.45. The molecule has 16 heavy (non-hydrogen) atoms. The van der Waals surface area contributed by atoms with Gasteiger partial charge in [-0.1, -0.05) is 0 Å². The highest BCUT2D eigenvalue weighted by Crippen LogP contribution is 2.16. The van der Waals surface area contributed by atoms with Gasteiger partial charge < -0.3 is 10.1 Å². The molecule has 3 nitrogen and oxygen atoms in total. The van der Waals surface area contributed by atoms with E-state index in [4.69, 9.17) is 4.74 Å². The van der Waals surface area contributed by atoms with Crippen molar-refractivity contribution >= 4 is 11.3 Å². The zero-order valence-corrected chi connectivity index (χ0v) is 11.7. The van der Waals surface area contributed by atoms with E-state index < -0.39 is 0 Å². The van der Waals surface area contributed by atoms with Crippen LogP contribution in [0.15, 0.2) is 0 Å². The topological polar surface area (TPSA) is 34.1 Å². The number of hydrogen-bond acceptors (Lipinski definition) is 4. The number of aryl methyl sites for hydroxylation is 2. The Labute approximate surface area is 102 Å². The number of ether oxygens (including phenoxy) is 1. The van der Waals surface area contributed by atoms with Crippen molar-refractivity contribution in [2.75, 3.05) is 13.2 Å². The van der Waals surface area contributed by atoms with E-state index in [1.54, 1.807) is 11.3 Å². The van der Waals surface area contributed by atoms with Crippen molar-refractivity contribution in [2.45, 2.75) is 46.8 Å². The fourth-order valence-corrected chi connectivity index (χ4v) is 2.43. The fraction of sp³-hybridized carbons (Fsp3) is 0.750. The number of nitrogens with one attached hydrogen (secondary N) is 1. The van der Waals surface area contributed by atoms with Crippen molar-refractivity contribution in [1.29, 1.82) is 0 Å². The van der Waals surface area contributed by atoms with Gasteiger partial charge >= 0.3 is 0 Å². The van der Waals surface area contributed by atoms with E-state index in [1.807, 2.05) is 6.92 Å². The van der Waals surface area contributed by atoms with E-state index in [2.05, 4.69) is 38.0 Å². The summed E-state index contributed by atoms with van der Waals surface area (Å²) in [5, 5.41) is 4.55. The molecule has 0 saturated carbocycles. The first kappa shape index (κ1) is 13.6. The maximum absolute atomic E-state index is 5.62. The Kier molecular flexibility index (Phi) is 4.89. The van der Waals surface area contributed by atoms with Crippen LogP contribution in [0.1, 0.15) is 36.3 Å². The van der Waals surface area contributed by atoms with Gasteiger partial charge in [0.05, 0.1) is 11.3 Å². The van der Waals surface area contributed by atoms with Gasteiger partial charge in [0.1, 0.15) is 5.01 Å². The maximum Gasteiger partial charge on any atom is 0.107 e. The Morgan fingerprint density at radius 1 is 1.38 bits per heavy atom. The molecule has 0 aliphatic heterocycles. The molecule has 92 valence electrons. The largest absolute Gasteiger partial charge is 0.375 e. The molecule has 0 atom stereocenters. The Morgan fingerprint density at radius 2 is 2.06 bits per heavy atom. The van der Waals surface area contributed by atoms with Gasteiger partial charge in [-0.25, -0.2) is 4.98 Å². The monoisotopic (exact) mass is 242 g/mol. The summed E-state index contributed by atoms with van der Waals surface area (Å²) >= 11 is 1.76. The molecule has 1 aromatic heterocycles. The van der Waals surface area contributed by atoms with Gasteiger partial charge in [-0.2, -0.15) is 0 Å². The lowest BCUT2D eigenvalue weighted by Gasteiger charge is -2.24. The lowest BCUT2D eigenvalue weighted by Crippen LogP contribution is -2.37. The van der Waals surface area contributed by atoms with Crippen molar-refractivity contribution in [1.82, 2.24) is 10.3 Å². The van der Waals surface area contributed by atoms with Gasteiger partial charge in [-0.05, 0) is 34.6 Å². The van der Waals surface area contributed by atoms with Crippen LogP contribution in [-0.4, -0.2) is 23.7 Å². The summed E-state index contributed by atoms with van der Waals surface area (Å²) in [6.45, 7) is 12.8. The third kappa shape index (κ3) is 4.20. The van der Waals surface area contributed by atoms with Crippen molar-refractivity contribution in [2.24, 2.45) is 0 Å². The van der Waals surface area contributed by atoms with Crippen molar-refractivity contribution in [3.05, 3.63) is 15.6 Å². The maximum atomic E-state index is 5.62. The molecule has 0 bridgehead atoms. The molecule has 0 amide bonds. The highest BCUT2D eigenvalue weighted by molar-refractivity contribution is 7.11. The summed E-state index contributed by atoms with van der Waals surface area (Å²) in [6, 6.07) is 0. The molecule has 0 radical (unpaired) electrons. The molecule has 4 heteroatoms. The molecule has 0 fully saturated rings. The zero-order valence-electron chi connectivity index (χ0n) is 10.9. The first-order chi connectivity index (χ1) is 7.44. The molecule has 1 heterocycles. The van der Waals surface area contributed by atoms with Crippen LogP contribution in [0.5, 0.6) is 0 Å². The first-order valence-corrected chi connectivity index (χ1v) is 6.54. The number of nitrogens with zero attached hydrogens (tertiary/aromatic N) is 1. The molecule has 0 aliphatic rings. The molecular formula is C12H22N2OS. The fourth-order valence-electron chi connectivity index (χ4n) is 1.53. The molecule has 0 aromatic carbocycles. The summed E-state index contributed by atoms with van der Waals surface area (Å²) < 4.78 is 5.62. The van der Waals surface area contributed by atoms with E-state index in [-0.39, 0.29) is 5.60 Å². The molecule has 0 saturated heterocycles. The number of thiazole rings is 1. The SMILES string of the molecule is CCOC(C)(C)CNCc1nc(C)c(C)s1. The van der Waals surface area contributed by atoms with Crippen molar-refractivity contribution in [3.8, 4) is 0 Å². The smallest absolute Gasteiger partial charge is 0.107 e. The third-order valence-electron chi connectivity index (χ3n) is 2.43. The number of aromatic nitrogens is 1.